The average Bonchev–Trinajstić information content (AvgIpc) is 3.06. The van der Waals surface area contributed by atoms with Crippen molar-refractivity contribution in [2.24, 2.45) is 5.92 Å². The molecule has 1 N–H and O–H groups in total. The summed E-state index contributed by atoms with van der Waals surface area (Å²) in [5, 5.41) is 8.95. The summed E-state index contributed by atoms with van der Waals surface area (Å²) in [4.78, 5) is 0. The maximum absolute atomic E-state index is 12.7. The largest absolute Gasteiger partial charge is 0.446 e. The van der Waals surface area contributed by atoms with Crippen molar-refractivity contribution in [3.8, 4) is 0 Å². The Balaban J connectivity index is 2.29. The Morgan fingerprint density at radius 1 is 1.35 bits per heavy atom. The Labute approximate surface area is 120 Å². The van der Waals surface area contributed by atoms with Crippen LogP contribution < -0.4 is 0 Å². The number of sulfonamides is 1. The van der Waals surface area contributed by atoms with Gasteiger partial charge in [0.05, 0.1) is 0 Å². The molecule has 0 aromatic carbocycles. The molecule has 0 bridgehead atoms. The summed E-state index contributed by atoms with van der Waals surface area (Å²) in [6.45, 7) is 4.24. The van der Waals surface area contributed by atoms with Crippen molar-refractivity contribution in [1.82, 2.24) is 4.31 Å². The van der Waals surface area contributed by atoms with E-state index in [9.17, 15) is 8.42 Å². The third-order valence-electron chi connectivity index (χ3n) is 3.63. The van der Waals surface area contributed by atoms with Crippen LogP contribution in [-0.4, -0.2) is 30.4 Å². The summed E-state index contributed by atoms with van der Waals surface area (Å²) in [5.74, 6) is 0.539. The number of nitrogens with zero attached hydrogens (tertiary/aromatic N) is 1. The minimum atomic E-state index is -3.61. The van der Waals surface area contributed by atoms with Gasteiger partial charge in [-0.3, -0.25) is 0 Å². The van der Waals surface area contributed by atoms with Crippen molar-refractivity contribution in [3.05, 3.63) is 17.9 Å². The van der Waals surface area contributed by atoms with Gasteiger partial charge in [-0.1, -0.05) is 26.7 Å². The predicted octanol–water partition coefficient (Wildman–Crippen LogP) is 2.36. The summed E-state index contributed by atoms with van der Waals surface area (Å²) in [6.07, 6.45) is 3.99. The monoisotopic (exact) mass is 301 g/mol. The van der Waals surface area contributed by atoms with Crippen LogP contribution in [0.2, 0.25) is 0 Å². The van der Waals surface area contributed by atoms with Crippen molar-refractivity contribution in [2.45, 2.75) is 57.3 Å². The fourth-order valence-electron chi connectivity index (χ4n) is 2.69. The third kappa shape index (κ3) is 3.24. The lowest BCUT2D eigenvalue weighted by Gasteiger charge is -2.28. The molecule has 0 amide bonds. The molecule has 0 unspecified atom stereocenters. The standard InChI is InChI=1S/C14H23NO4S/c1-11(2)9-15(12-5-3-4-6-12)20(17,18)14-8-7-13(10-16)19-14/h7-8,11-12,16H,3-6,9-10H2,1-2H3. The fraction of sp³-hybridized carbons (Fsp3) is 0.714. The van der Waals surface area contributed by atoms with E-state index in [0.29, 0.717) is 6.54 Å². The minimum absolute atomic E-state index is 0.0610. The maximum atomic E-state index is 12.7. The molecule has 1 aromatic rings. The van der Waals surface area contributed by atoms with Crippen molar-refractivity contribution in [1.29, 1.82) is 0 Å². The fourth-order valence-corrected chi connectivity index (χ4v) is 4.47. The van der Waals surface area contributed by atoms with Crippen molar-refractivity contribution < 1.29 is 17.9 Å². The summed E-state index contributed by atoms with van der Waals surface area (Å²) in [7, 11) is -3.61. The van der Waals surface area contributed by atoms with Crippen LogP contribution in [-0.2, 0) is 16.6 Å². The van der Waals surface area contributed by atoms with Crippen LogP contribution in [0.1, 0.15) is 45.3 Å². The van der Waals surface area contributed by atoms with Gasteiger partial charge < -0.3 is 9.52 Å². The second-order valence-corrected chi connectivity index (χ2v) is 7.61. The van der Waals surface area contributed by atoms with E-state index >= 15 is 0 Å². The van der Waals surface area contributed by atoms with Gasteiger partial charge in [-0.25, -0.2) is 8.42 Å². The van der Waals surface area contributed by atoms with Gasteiger partial charge in [0.15, 0.2) is 0 Å². The summed E-state index contributed by atoms with van der Waals surface area (Å²) >= 11 is 0. The van der Waals surface area contributed by atoms with Gasteiger partial charge in [-0.2, -0.15) is 4.31 Å². The van der Waals surface area contributed by atoms with E-state index in [2.05, 4.69) is 0 Å². The number of aliphatic hydroxyl groups excluding tert-OH is 1. The number of aliphatic hydroxyl groups is 1. The quantitative estimate of drug-likeness (QED) is 0.875. The van der Waals surface area contributed by atoms with Gasteiger partial charge in [0.2, 0.25) is 5.09 Å². The first kappa shape index (κ1) is 15.5. The molecule has 1 aliphatic rings. The maximum Gasteiger partial charge on any atom is 0.276 e. The molecule has 1 saturated carbocycles. The van der Waals surface area contributed by atoms with E-state index < -0.39 is 10.0 Å². The topological polar surface area (TPSA) is 70.8 Å². The van der Waals surface area contributed by atoms with E-state index in [4.69, 9.17) is 9.52 Å². The number of furan rings is 1. The summed E-state index contributed by atoms with van der Waals surface area (Å²) < 4.78 is 32.3. The van der Waals surface area contributed by atoms with E-state index in [-0.39, 0.29) is 29.4 Å². The highest BCUT2D eigenvalue weighted by Crippen LogP contribution is 2.30. The second kappa shape index (κ2) is 6.28. The van der Waals surface area contributed by atoms with Gasteiger partial charge in [-0.15, -0.1) is 0 Å². The first-order valence-corrected chi connectivity index (χ1v) is 8.60. The zero-order valence-electron chi connectivity index (χ0n) is 12.1. The van der Waals surface area contributed by atoms with E-state index in [0.717, 1.165) is 25.7 Å². The molecule has 114 valence electrons. The van der Waals surface area contributed by atoms with Gasteiger partial charge in [0.1, 0.15) is 12.4 Å². The molecule has 1 heterocycles. The van der Waals surface area contributed by atoms with E-state index in [1.807, 2.05) is 13.8 Å². The molecule has 5 nitrogen and oxygen atoms in total. The zero-order chi connectivity index (χ0) is 14.8. The molecule has 2 rings (SSSR count). The highest BCUT2D eigenvalue weighted by Gasteiger charge is 2.35. The first-order chi connectivity index (χ1) is 9.45. The van der Waals surface area contributed by atoms with E-state index in [1.165, 1.54) is 12.1 Å². The van der Waals surface area contributed by atoms with Crippen LogP contribution in [0.25, 0.3) is 0 Å². The molecule has 1 aromatic heterocycles. The molecule has 1 fully saturated rings. The van der Waals surface area contributed by atoms with Crippen molar-refractivity contribution >= 4 is 10.0 Å². The van der Waals surface area contributed by atoms with Crippen molar-refractivity contribution in [3.63, 3.8) is 0 Å². The van der Waals surface area contributed by atoms with Crippen LogP contribution in [0, 0.1) is 5.92 Å². The van der Waals surface area contributed by atoms with Gasteiger partial charge in [-0.05, 0) is 30.9 Å². The molecule has 1 aliphatic carbocycles. The average molecular weight is 301 g/mol. The summed E-state index contributed by atoms with van der Waals surface area (Å²) in [6, 6.07) is 3.02. The predicted molar refractivity (Wildman–Crippen MR) is 75.6 cm³/mol. The molecule has 0 saturated heterocycles. The Morgan fingerprint density at radius 2 is 2.00 bits per heavy atom. The lowest BCUT2D eigenvalue weighted by Crippen LogP contribution is -2.41. The summed E-state index contributed by atoms with van der Waals surface area (Å²) in [5.41, 5.74) is 0. The van der Waals surface area contributed by atoms with E-state index in [1.54, 1.807) is 4.31 Å². The minimum Gasteiger partial charge on any atom is -0.446 e. The van der Waals surface area contributed by atoms with Crippen LogP contribution in [0.4, 0.5) is 0 Å². The number of hydrogen-bond donors (Lipinski definition) is 1. The van der Waals surface area contributed by atoms with Crippen LogP contribution in [0.15, 0.2) is 21.6 Å². The Bertz CT molecular complexity index is 529. The van der Waals surface area contributed by atoms with Crippen molar-refractivity contribution in [2.75, 3.05) is 6.54 Å². The van der Waals surface area contributed by atoms with Crippen LogP contribution >= 0.6 is 0 Å². The number of rotatable bonds is 6. The van der Waals surface area contributed by atoms with Gasteiger partial charge >= 0.3 is 0 Å². The van der Waals surface area contributed by atoms with Gasteiger partial charge in [0.25, 0.3) is 10.0 Å². The van der Waals surface area contributed by atoms with Crippen LogP contribution in [0.3, 0.4) is 0 Å². The Hall–Kier alpha value is -0.850. The molecular weight excluding hydrogens is 278 g/mol. The molecule has 0 spiro atoms. The molecule has 20 heavy (non-hydrogen) atoms. The van der Waals surface area contributed by atoms with Crippen LogP contribution in [0.5, 0.6) is 0 Å². The zero-order valence-corrected chi connectivity index (χ0v) is 12.9. The molecule has 0 radical (unpaired) electrons. The molecule has 0 atom stereocenters. The molecular formula is C14H23NO4S. The normalized spacial score (nSPS) is 17.4. The highest BCUT2D eigenvalue weighted by atomic mass is 32.2. The second-order valence-electron chi connectivity index (χ2n) is 5.79. The Kier molecular flexibility index (Phi) is 4.88. The first-order valence-electron chi connectivity index (χ1n) is 7.16. The lowest BCUT2D eigenvalue weighted by atomic mass is 10.2. The molecule has 6 heteroatoms. The number of hydrogen-bond acceptors (Lipinski definition) is 4. The van der Waals surface area contributed by atoms with Gasteiger partial charge in [0, 0.05) is 12.6 Å². The highest BCUT2D eigenvalue weighted by molar-refractivity contribution is 7.89. The molecule has 0 aliphatic heterocycles. The SMILES string of the molecule is CC(C)CN(C1CCCC1)S(=O)(=O)c1ccc(CO)o1. The third-order valence-corrected chi connectivity index (χ3v) is 5.43. The lowest BCUT2D eigenvalue weighted by molar-refractivity contribution is 0.232. The smallest absolute Gasteiger partial charge is 0.276 e. The Morgan fingerprint density at radius 3 is 2.50 bits per heavy atom.